The van der Waals surface area contributed by atoms with Gasteiger partial charge in [0.05, 0.1) is 25.2 Å². The van der Waals surface area contributed by atoms with Gasteiger partial charge < -0.3 is 20.4 Å². The summed E-state index contributed by atoms with van der Waals surface area (Å²) >= 11 is 0. The number of aliphatic hydroxyl groups excluding tert-OH is 3. The number of benzene rings is 2. The monoisotopic (exact) mass is 625 g/mol. The molecule has 256 valence electrons. The molecule has 4 nitrogen and oxygen atoms in total. The fourth-order valence-electron chi connectivity index (χ4n) is 6.75. The van der Waals surface area contributed by atoms with Gasteiger partial charge in [0.15, 0.2) is 0 Å². The predicted molar refractivity (Wildman–Crippen MR) is 192 cm³/mol. The van der Waals surface area contributed by atoms with Crippen LogP contribution in [0.1, 0.15) is 167 Å². The molecule has 0 aromatic heterocycles. The Hall–Kier alpha value is -1.72. The van der Waals surface area contributed by atoms with E-state index in [0.29, 0.717) is 11.1 Å². The van der Waals surface area contributed by atoms with Crippen LogP contribution < -0.4 is 0 Å². The molecule has 0 atom stereocenters. The zero-order valence-electron chi connectivity index (χ0n) is 31.5. The quantitative estimate of drug-likeness (QED) is 0.190. The molecular formula is C41H68O4. The number of hydrogen-bond donors (Lipinski definition) is 4. The SMILES string of the molecule is CCCCc1cc(C(C)(C)C)c(C(O)(c2c(C(C)(C)C)cc(CCCC)cc2C(C)(C)C)C(CO)(CO)CO)c(C(C)(C)C)c1. The Morgan fingerprint density at radius 1 is 0.467 bits per heavy atom. The molecule has 0 spiro atoms. The highest BCUT2D eigenvalue weighted by molar-refractivity contribution is 5.60. The summed E-state index contributed by atoms with van der Waals surface area (Å²) in [5.41, 5.74) is 2.64. The van der Waals surface area contributed by atoms with E-state index < -0.39 is 30.8 Å². The van der Waals surface area contributed by atoms with Crippen LogP contribution in [-0.4, -0.2) is 40.2 Å². The van der Waals surface area contributed by atoms with E-state index in [4.69, 9.17) is 0 Å². The third-order valence-corrected chi connectivity index (χ3v) is 9.67. The van der Waals surface area contributed by atoms with Crippen molar-refractivity contribution in [1.29, 1.82) is 0 Å². The van der Waals surface area contributed by atoms with Gasteiger partial charge in [0.1, 0.15) is 5.60 Å². The second kappa shape index (κ2) is 14.2. The van der Waals surface area contributed by atoms with Crippen molar-refractivity contribution in [3.05, 3.63) is 68.8 Å². The highest BCUT2D eigenvalue weighted by Crippen LogP contribution is 2.56. The fourth-order valence-corrected chi connectivity index (χ4v) is 6.75. The molecule has 0 saturated heterocycles. The maximum absolute atomic E-state index is 14.1. The van der Waals surface area contributed by atoms with Crippen molar-refractivity contribution >= 4 is 0 Å². The van der Waals surface area contributed by atoms with Crippen LogP contribution in [0.5, 0.6) is 0 Å². The van der Waals surface area contributed by atoms with Crippen LogP contribution in [0.25, 0.3) is 0 Å². The number of rotatable bonds is 12. The zero-order chi connectivity index (χ0) is 34.8. The van der Waals surface area contributed by atoms with Crippen LogP contribution in [-0.2, 0) is 40.1 Å². The number of aliphatic hydroxyl groups is 4. The van der Waals surface area contributed by atoms with Crippen molar-refractivity contribution in [2.24, 2.45) is 5.41 Å². The first-order chi connectivity index (χ1) is 20.5. The Bertz CT molecular complexity index is 1100. The molecule has 0 amide bonds. The zero-order valence-corrected chi connectivity index (χ0v) is 31.5. The van der Waals surface area contributed by atoms with Crippen molar-refractivity contribution in [3.63, 3.8) is 0 Å². The minimum atomic E-state index is -1.94. The van der Waals surface area contributed by atoms with Gasteiger partial charge in [0.2, 0.25) is 0 Å². The minimum absolute atomic E-state index is 0.386. The van der Waals surface area contributed by atoms with Crippen LogP contribution in [0.4, 0.5) is 0 Å². The molecule has 0 aliphatic rings. The lowest BCUT2D eigenvalue weighted by Crippen LogP contribution is -2.57. The van der Waals surface area contributed by atoms with Crippen molar-refractivity contribution < 1.29 is 20.4 Å². The summed E-state index contributed by atoms with van der Waals surface area (Å²) in [5, 5.41) is 47.9. The van der Waals surface area contributed by atoms with E-state index in [1.807, 2.05) is 0 Å². The lowest BCUT2D eigenvalue weighted by atomic mass is 9.56. The first kappa shape index (κ1) is 39.5. The largest absolute Gasteiger partial charge is 0.395 e. The summed E-state index contributed by atoms with van der Waals surface area (Å²) in [6.07, 6.45) is 6.15. The van der Waals surface area contributed by atoms with Gasteiger partial charge in [0, 0.05) is 0 Å². The maximum Gasteiger partial charge on any atom is 0.128 e. The van der Waals surface area contributed by atoms with Gasteiger partial charge >= 0.3 is 0 Å². The van der Waals surface area contributed by atoms with Crippen LogP contribution in [0.2, 0.25) is 0 Å². The van der Waals surface area contributed by atoms with Gasteiger partial charge in [-0.05, 0) is 91.9 Å². The Balaban J connectivity index is 3.54. The number of hydrogen-bond acceptors (Lipinski definition) is 4. The molecule has 45 heavy (non-hydrogen) atoms. The molecule has 4 heteroatoms. The topological polar surface area (TPSA) is 80.9 Å². The van der Waals surface area contributed by atoms with Crippen LogP contribution in [0.3, 0.4) is 0 Å². The van der Waals surface area contributed by atoms with Crippen LogP contribution >= 0.6 is 0 Å². The standard InChI is InChI=1S/C41H68O4/c1-15-17-19-28-21-30(36(3,4)5)34(31(22-28)37(6,7)8)41(45,40(25-42,26-43)27-44)35-32(38(9,10)11)23-29(20-18-16-2)24-33(35)39(12,13)14/h21-24,42-45H,15-20,25-27H2,1-14H3. The third-order valence-electron chi connectivity index (χ3n) is 9.67. The van der Waals surface area contributed by atoms with E-state index in [0.717, 1.165) is 60.8 Å². The van der Waals surface area contributed by atoms with E-state index in [1.165, 1.54) is 11.1 Å². The average molecular weight is 625 g/mol. The first-order valence-corrected chi connectivity index (χ1v) is 17.4. The summed E-state index contributed by atoms with van der Waals surface area (Å²) < 4.78 is 0. The number of aryl methyl sites for hydroxylation is 2. The molecule has 0 bridgehead atoms. The van der Waals surface area contributed by atoms with E-state index in [1.54, 1.807) is 0 Å². The molecular weight excluding hydrogens is 556 g/mol. The predicted octanol–water partition coefficient (Wildman–Crippen LogP) is 8.76. The smallest absolute Gasteiger partial charge is 0.128 e. The van der Waals surface area contributed by atoms with E-state index in [9.17, 15) is 20.4 Å². The third kappa shape index (κ3) is 8.06. The molecule has 0 radical (unpaired) electrons. The Kier molecular flexibility index (Phi) is 12.4. The minimum Gasteiger partial charge on any atom is -0.395 e. The lowest BCUT2D eigenvalue weighted by Gasteiger charge is -2.52. The van der Waals surface area contributed by atoms with Crippen molar-refractivity contribution in [2.75, 3.05) is 19.8 Å². The highest BCUT2D eigenvalue weighted by atomic mass is 16.3. The molecule has 4 N–H and O–H groups in total. The Morgan fingerprint density at radius 2 is 0.711 bits per heavy atom. The summed E-state index contributed by atoms with van der Waals surface area (Å²) in [7, 11) is 0. The van der Waals surface area contributed by atoms with E-state index in [-0.39, 0.29) is 21.7 Å². The normalized spacial score (nSPS) is 13.9. The van der Waals surface area contributed by atoms with Gasteiger partial charge in [-0.1, -0.05) is 134 Å². The number of unbranched alkanes of at least 4 members (excludes halogenated alkanes) is 2. The fraction of sp³-hybridized carbons (Fsp3) is 0.707. The van der Waals surface area contributed by atoms with E-state index in [2.05, 4.69) is 121 Å². The lowest BCUT2D eigenvalue weighted by molar-refractivity contribution is -0.138. The average Bonchev–Trinajstić information content (AvgIpc) is 2.93. The molecule has 2 aromatic rings. The molecule has 0 aliphatic heterocycles. The van der Waals surface area contributed by atoms with Gasteiger partial charge in [-0.25, -0.2) is 0 Å². The summed E-state index contributed by atoms with van der Waals surface area (Å²) in [5.74, 6) is 0. The Labute approximate surface area is 276 Å². The Morgan fingerprint density at radius 3 is 0.889 bits per heavy atom. The maximum atomic E-state index is 14.1. The van der Waals surface area contributed by atoms with Crippen LogP contribution in [0, 0.1) is 5.41 Å². The van der Waals surface area contributed by atoms with Gasteiger partial charge in [0.25, 0.3) is 0 Å². The second-order valence-corrected chi connectivity index (χ2v) is 17.8. The molecule has 2 aromatic carbocycles. The summed E-state index contributed by atoms with van der Waals surface area (Å²) in [6.45, 7) is 28.7. The van der Waals surface area contributed by atoms with E-state index >= 15 is 0 Å². The first-order valence-electron chi connectivity index (χ1n) is 17.4. The van der Waals surface area contributed by atoms with Gasteiger partial charge in [-0.2, -0.15) is 0 Å². The second-order valence-electron chi connectivity index (χ2n) is 17.8. The van der Waals surface area contributed by atoms with Gasteiger partial charge in [-0.15, -0.1) is 0 Å². The highest BCUT2D eigenvalue weighted by Gasteiger charge is 2.58. The van der Waals surface area contributed by atoms with Crippen molar-refractivity contribution in [3.8, 4) is 0 Å². The molecule has 2 rings (SSSR count). The van der Waals surface area contributed by atoms with Crippen molar-refractivity contribution in [2.45, 2.75) is 163 Å². The molecule has 0 aliphatic carbocycles. The summed E-state index contributed by atoms with van der Waals surface area (Å²) in [4.78, 5) is 0. The molecule has 0 heterocycles. The van der Waals surface area contributed by atoms with Gasteiger partial charge in [-0.3, -0.25) is 0 Å². The van der Waals surface area contributed by atoms with Crippen molar-refractivity contribution in [1.82, 2.24) is 0 Å². The van der Waals surface area contributed by atoms with Crippen LogP contribution in [0.15, 0.2) is 24.3 Å². The summed E-state index contributed by atoms with van der Waals surface area (Å²) in [6, 6.07) is 8.97. The molecule has 0 unspecified atom stereocenters. The molecule has 0 saturated carbocycles. The molecule has 0 fully saturated rings.